The van der Waals surface area contributed by atoms with Gasteiger partial charge in [-0.05, 0) is 62.2 Å². The van der Waals surface area contributed by atoms with Gasteiger partial charge < -0.3 is 14.5 Å². The van der Waals surface area contributed by atoms with E-state index in [0.29, 0.717) is 17.4 Å². The molecular weight excluding hydrogens is 314 g/mol. The second-order valence-corrected chi connectivity index (χ2v) is 6.08. The Morgan fingerprint density at radius 2 is 2.04 bits per heavy atom. The van der Waals surface area contributed by atoms with E-state index in [1.807, 2.05) is 0 Å². The maximum Gasteiger partial charge on any atom is 0.284 e. The molecule has 23 heavy (non-hydrogen) atoms. The fourth-order valence-corrected chi connectivity index (χ4v) is 2.87. The van der Waals surface area contributed by atoms with E-state index in [9.17, 15) is 4.79 Å². The summed E-state index contributed by atoms with van der Waals surface area (Å²) >= 11 is 4.85. The molecule has 0 unspecified atom stereocenters. The first-order chi connectivity index (χ1) is 11.1. The molecule has 0 saturated carbocycles. The Hall–Kier alpha value is -1.99. The van der Waals surface area contributed by atoms with Crippen molar-refractivity contribution < 1.29 is 13.9 Å². The van der Waals surface area contributed by atoms with Crippen LogP contribution in [-0.4, -0.2) is 35.4 Å². The summed E-state index contributed by atoms with van der Waals surface area (Å²) in [7, 11) is 0. The van der Waals surface area contributed by atoms with Gasteiger partial charge in [-0.25, -0.2) is 5.10 Å². The zero-order chi connectivity index (χ0) is 16.2. The molecule has 1 atom stereocenters. The highest BCUT2D eigenvalue weighted by molar-refractivity contribution is 7.71. The normalized spacial score (nSPS) is 16.9. The van der Waals surface area contributed by atoms with Crippen LogP contribution in [-0.2, 0) is 4.74 Å². The average molecular weight is 333 g/mol. The van der Waals surface area contributed by atoms with Crippen molar-refractivity contribution in [2.45, 2.75) is 25.8 Å². The predicted molar refractivity (Wildman–Crippen MR) is 87.6 cm³/mol. The van der Waals surface area contributed by atoms with Crippen LogP contribution in [0.15, 0.2) is 28.7 Å². The number of aromatic nitrogens is 2. The zero-order valence-corrected chi connectivity index (χ0v) is 13.7. The second-order valence-electron chi connectivity index (χ2n) is 5.71. The number of aromatic amines is 1. The van der Waals surface area contributed by atoms with E-state index in [1.54, 1.807) is 24.3 Å². The van der Waals surface area contributed by atoms with Crippen molar-refractivity contribution >= 4 is 18.1 Å². The first kappa shape index (κ1) is 15.9. The van der Waals surface area contributed by atoms with Crippen LogP contribution in [0.2, 0.25) is 0 Å². The summed E-state index contributed by atoms with van der Waals surface area (Å²) in [5.41, 5.74) is 1.38. The Kier molecular flexibility index (Phi) is 4.88. The molecule has 3 rings (SSSR count). The maximum absolute atomic E-state index is 12.3. The summed E-state index contributed by atoms with van der Waals surface area (Å²) in [5.74, 6) is 0.816. The van der Waals surface area contributed by atoms with E-state index < -0.39 is 0 Å². The highest BCUT2D eigenvalue weighted by Crippen LogP contribution is 2.20. The van der Waals surface area contributed by atoms with Crippen molar-refractivity contribution in [1.29, 1.82) is 0 Å². The molecular formula is C16H19N3O3S. The molecule has 1 aliphatic heterocycles. The molecule has 2 aromatic rings. The number of nitrogens with zero attached hydrogens (tertiary/aromatic N) is 1. The SMILES string of the molecule is C[C@H](NC(=O)c1ccc(-c2n[nH]c(=S)o2)cc1)C1CCOCC1. The summed E-state index contributed by atoms with van der Waals surface area (Å²) in [5, 5.41) is 9.61. The van der Waals surface area contributed by atoms with Crippen LogP contribution in [0.25, 0.3) is 11.5 Å². The Morgan fingerprint density at radius 3 is 2.65 bits per heavy atom. The van der Waals surface area contributed by atoms with Crippen LogP contribution >= 0.6 is 12.2 Å². The van der Waals surface area contributed by atoms with Gasteiger partial charge in [0.2, 0.25) is 5.89 Å². The summed E-state index contributed by atoms with van der Waals surface area (Å²) in [6, 6.07) is 7.24. The van der Waals surface area contributed by atoms with E-state index in [-0.39, 0.29) is 16.8 Å². The number of benzene rings is 1. The molecule has 7 heteroatoms. The molecule has 1 aliphatic rings. The molecule has 0 spiro atoms. The number of H-pyrrole nitrogens is 1. The summed E-state index contributed by atoms with van der Waals surface area (Å²) in [6.07, 6.45) is 1.98. The monoisotopic (exact) mass is 333 g/mol. The van der Waals surface area contributed by atoms with E-state index in [4.69, 9.17) is 21.4 Å². The van der Waals surface area contributed by atoms with Crippen molar-refractivity contribution in [2.75, 3.05) is 13.2 Å². The average Bonchev–Trinajstić information content (AvgIpc) is 3.02. The van der Waals surface area contributed by atoms with Crippen LogP contribution in [0.3, 0.4) is 0 Å². The molecule has 0 bridgehead atoms. The number of carbonyl (C=O) groups excluding carboxylic acids is 1. The van der Waals surface area contributed by atoms with Gasteiger partial charge in [-0.2, -0.15) is 0 Å². The van der Waals surface area contributed by atoms with Crippen LogP contribution in [0.5, 0.6) is 0 Å². The number of rotatable bonds is 4. The third-order valence-electron chi connectivity index (χ3n) is 4.16. The minimum absolute atomic E-state index is 0.0709. The van der Waals surface area contributed by atoms with Gasteiger partial charge in [-0.1, -0.05) is 0 Å². The Bertz CT molecular complexity index is 717. The van der Waals surface area contributed by atoms with Crippen LogP contribution in [0.4, 0.5) is 0 Å². The Morgan fingerprint density at radius 1 is 1.35 bits per heavy atom. The van der Waals surface area contributed by atoms with Crippen LogP contribution < -0.4 is 5.32 Å². The summed E-state index contributed by atoms with van der Waals surface area (Å²) in [4.78, 5) is 12.6. The molecule has 1 aromatic carbocycles. The first-order valence-electron chi connectivity index (χ1n) is 7.68. The Labute approximate surface area is 139 Å². The van der Waals surface area contributed by atoms with E-state index in [0.717, 1.165) is 31.6 Å². The number of ether oxygens (including phenoxy) is 1. The van der Waals surface area contributed by atoms with Gasteiger partial charge in [0.05, 0.1) is 0 Å². The van der Waals surface area contributed by atoms with Gasteiger partial charge in [0.25, 0.3) is 10.7 Å². The van der Waals surface area contributed by atoms with Gasteiger partial charge in [-0.3, -0.25) is 4.79 Å². The van der Waals surface area contributed by atoms with Crippen molar-refractivity contribution in [3.8, 4) is 11.5 Å². The molecule has 0 aliphatic carbocycles. The highest BCUT2D eigenvalue weighted by Gasteiger charge is 2.22. The number of amides is 1. The Balaban J connectivity index is 1.64. The zero-order valence-electron chi connectivity index (χ0n) is 12.9. The number of carbonyl (C=O) groups is 1. The third kappa shape index (κ3) is 3.86. The molecule has 6 nitrogen and oxygen atoms in total. The summed E-state index contributed by atoms with van der Waals surface area (Å²) in [6.45, 7) is 3.60. The largest absolute Gasteiger partial charge is 0.409 e. The van der Waals surface area contributed by atoms with Gasteiger partial charge in [0, 0.05) is 30.4 Å². The molecule has 1 amide bonds. The molecule has 2 N–H and O–H groups in total. The molecule has 1 saturated heterocycles. The minimum Gasteiger partial charge on any atom is -0.409 e. The van der Waals surface area contributed by atoms with Crippen LogP contribution in [0.1, 0.15) is 30.1 Å². The lowest BCUT2D eigenvalue weighted by Crippen LogP contribution is -2.40. The van der Waals surface area contributed by atoms with Gasteiger partial charge in [-0.15, -0.1) is 5.10 Å². The van der Waals surface area contributed by atoms with Gasteiger partial charge >= 0.3 is 0 Å². The summed E-state index contributed by atoms with van der Waals surface area (Å²) < 4.78 is 10.6. The second kappa shape index (κ2) is 7.06. The lowest BCUT2D eigenvalue weighted by molar-refractivity contribution is 0.0538. The molecule has 122 valence electrons. The third-order valence-corrected chi connectivity index (χ3v) is 4.34. The lowest BCUT2D eigenvalue weighted by atomic mass is 9.93. The number of nitrogens with one attached hydrogen (secondary N) is 2. The lowest BCUT2D eigenvalue weighted by Gasteiger charge is -2.28. The fourth-order valence-electron chi connectivity index (χ4n) is 2.74. The van der Waals surface area contributed by atoms with Crippen LogP contribution in [0, 0.1) is 10.8 Å². The van der Waals surface area contributed by atoms with Crippen molar-refractivity contribution in [3.63, 3.8) is 0 Å². The first-order valence-corrected chi connectivity index (χ1v) is 8.09. The maximum atomic E-state index is 12.3. The van der Waals surface area contributed by atoms with Gasteiger partial charge in [0.1, 0.15) is 0 Å². The molecule has 2 heterocycles. The molecule has 1 aromatic heterocycles. The number of hydrogen-bond acceptors (Lipinski definition) is 5. The number of hydrogen-bond donors (Lipinski definition) is 2. The minimum atomic E-state index is -0.0709. The highest BCUT2D eigenvalue weighted by atomic mass is 32.1. The van der Waals surface area contributed by atoms with Crippen molar-refractivity contribution in [3.05, 3.63) is 34.7 Å². The van der Waals surface area contributed by atoms with Crippen molar-refractivity contribution in [2.24, 2.45) is 5.92 Å². The smallest absolute Gasteiger partial charge is 0.284 e. The van der Waals surface area contributed by atoms with Gasteiger partial charge in [0.15, 0.2) is 0 Å². The fraction of sp³-hybridized carbons (Fsp3) is 0.438. The van der Waals surface area contributed by atoms with E-state index in [2.05, 4.69) is 22.4 Å². The molecule has 0 radical (unpaired) electrons. The quantitative estimate of drug-likeness (QED) is 0.841. The van der Waals surface area contributed by atoms with E-state index >= 15 is 0 Å². The standard InChI is InChI=1S/C16H19N3O3S/c1-10(11-6-8-21-9-7-11)17-14(20)12-2-4-13(5-3-12)15-18-19-16(23)22-15/h2-5,10-11H,6-9H2,1H3,(H,17,20)(H,19,23)/t10-/m0/s1. The predicted octanol–water partition coefficient (Wildman–Crippen LogP) is 2.94. The topological polar surface area (TPSA) is 80.2 Å². The van der Waals surface area contributed by atoms with Crippen molar-refractivity contribution in [1.82, 2.24) is 15.5 Å². The van der Waals surface area contributed by atoms with E-state index in [1.165, 1.54) is 0 Å². The molecule has 1 fully saturated rings.